The minimum absolute atomic E-state index is 0.0531. The van der Waals surface area contributed by atoms with Crippen LogP contribution < -0.4 is 16.4 Å². The molecule has 8 heteroatoms. The predicted molar refractivity (Wildman–Crippen MR) is 78.4 cm³/mol. The molecule has 0 spiro atoms. The van der Waals surface area contributed by atoms with Crippen LogP contribution in [0.5, 0.6) is 0 Å². The minimum Gasteiger partial charge on any atom is -0.468 e. The zero-order valence-electron chi connectivity index (χ0n) is 11.1. The van der Waals surface area contributed by atoms with Gasteiger partial charge in [-0.1, -0.05) is 0 Å². The second kappa shape index (κ2) is 7.29. The second-order valence-corrected chi connectivity index (χ2v) is 4.09. The fourth-order valence-electron chi connectivity index (χ4n) is 1.31. The number of rotatable bonds is 4. The van der Waals surface area contributed by atoms with E-state index in [0.717, 1.165) is 0 Å². The molecule has 0 aliphatic carbocycles. The Hall–Kier alpha value is -2.35. The van der Waals surface area contributed by atoms with Gasteiger partial charge in [0.15, 0.2) is 5.11 Å². The number of thiocarbonyl (C=S) groups is 1. The smallest absolute Gasteiger partial charge is 0.337 e. The number of hydrogen-bond donors (Lipinski definition) is 3. The fourth-order valence-corrected chi connectivity index (χ4v) is 1.49. The Morgan fingerprint density at radius 1 is 1.30 bits per heavy atom. The molecule has 0 saturated carbocycles. The molecule has 7 nitrogen and oxygen atoms in total. The molecule has 0 unspecified atom stereocenters. The Morgan fingerprint density at radius 3 is 2.55 bits per heavy atom. The molecule has 108 valence electrons. The molecule has 1 aromatic rings. The topological polar surface area (TPSA) is 103 Å². The third kappa shape index (κ3) is 4.39. The molecule has 0 bridgehead atoms. The van der Waals surface area contributed by atoms with E-state index in [4.69, 9.17) is 18.0 Å². The van der Waals surface area contributed by atoms with Gasteiger partial charge in [0.1, 0.15) is 6.54 Å². The molecular weight excluding hydrogens is 282 g/mol. The average Bonchev–Trinajstić information content (AvgIpc) is 2.45. The van der Waals surface area contributed by atoms with Crippen molar-refractivity contribution < 1.29 is 19.1 Å². The van der Waals surface area contributed by atoms with Gasteiger partial charge in [-0.2, -0.15) is 0 Å². The summed E-state index contributed by atoms with van der Waals surface area (Å²) in [5.41, 5.74) is 6.97. The predicted octanol–water partition coefficient (Wildman–Crippen LogP) is 0.515. The van der Waals surface area contributed by atoms with Gasteiger partial charge >= 0.3 is 11.9 Å². The van der Waals surface area contributed by atoms with Gasteiger partial charge in [-0.05, 0) is 30.4 Å². The van der Waals surface area contributed by atoms with Gasteiger partial charge in [-0.3, -0.25) is 4.79 Å². The number of carbonyl (C=O) groups excluding carboxylic acids is 2. The van der Waals surface area contributed by atoms with Crippen LogP contribution in [0, 0.1) is 0 Å². The first-order valence-corrected chi connectivity index (χ1v) is 5.98. The van der Waals surface area contributed by atoms with Gasteiger partial charge in [-0.25, -0.2) is 4.79 Å². The molecule has 0 fully saturated rings. The number of benzene rings is 1. The molecule has 0 atom stereocenters. The Labute approximate surface area is 121 Å². The highest BCUT2D eigenvalue weighted by Gasteiger charge is 2.09. The number of anilines is 2. The second-order valence-electron chi connectivity index (χ2n) is 3.68. The van der Waals surface area contributed by atoms with E-state index in [2.05, 4.69) is 20.1 Å². The van der Waals surface area contributed by atoms with Crippen LogP contribution in [0.1, 0.15) is 10.4 Å². The lowest BCUT2D eigenvalue weighted by Gasteiger charge is -2.12. The summed E-state index contributed by atoms with van der Waals surface area (Å²) in [6.45, 7) is -0.0531. The van der Waals surface area contributed by atoms with Crippen LogP contribution in [-0.4, -0.2) is 37.8 Å². The fraction of sp³-hybridized carbons (Fsp3) is 0.250. The summed E-state index contributed by atoms with van der Waals surface area (Å²) < 4.78 is 9.05. The number of hydrogen-bond acceptors (Lipinski definition) is 6. The third-order valence-corrected chi connectivity index (χ3v) is 2.59. The largest absolute Gasteiger partial charge is 0.468 e. The Kier molecular flexibility index (Phi) is 5.73. The molecular formula is C12H15N3O4S. The van der Waals surface area contributed by atoms with Crippen LogP contribution in [-0.2, 0) is 14.3 Å². The Bertz CT molecular complexity index is 533. The molecule has 0 radical (unpaired) electrons. The van der Waals surface area contributed by atoms with Crippen molar-refractivity contribution in [2.75, 3.05) is 31.8 Å². The van der Waals surface area contributed by atoms with Crippen molar-refractivity contribution in [3.63, 3.8) is 0 Å². The molecule has 0 saturated heterocycles. The van der Waals surface area contributed by atoms with E-state index in [1.165, 1.54) is 20.3 Å². The maximum absolute atomic E-state index is 11.3. The Morgan fingerprint density at radius 2 is 2.00 bits per heavy atom. The first-order chi connectivity index (χ1) is 9.47. The van der Waals surface area contributed by atoms with E-state index in [1.54, 1.807) is 12.1 Å². The standard InChI is InChI=1S/C12H15N3O4S/c1-18-10(16)6-14-12(20)15-9-4-3-7(5-8(9)13)11(17)19-2/h3-5H,6,13H2,1-2H3,(H2,14,15,20). The van der Waals surface area contributed by atoms with Gasteiger partial charge in [0, 0.05) is 0 Å². The van der Waals surface area contributed by atoms with Crippen molar-refractivity contribution in [3.05, 3.63) is 23.8 Å². The molecule has 0 aromatic heterocycles. The molecule has 1 aromatic carbocycles. The number of methoxy groups -OCH3 is 2. The highest BCUT2D eigenvalue weighted by atomic mass is 32.1. The van der Waals surface area contributed by atoms with Crippen LogP contribution in [0.4, 0.5) is 11.4 Å². The number of nitrogens with one attached hydrogen (secondary N) is 2. The number of nitrogen functional groups attached to an aromatic ring is 1. The molecule has 20 heavy (non-hydrogen) atoms. The number of nitrogens with two attached hydrogens (primary N) is 1. The van der Waals surface area contributed by atoms with E-state index in [9.17, 15) is 9.59 Å². The summed E-state index contributed by atoms with van der Waals surface area (Å²) in [5, 5.41) is 5.68. The molecule has 1 rings (SSSR count). The molecule has 0 aliphatic heterocycles. The van der Waals surface area contributed by atoms with Gasteiger partial charge < -0.3 is 25.8 Å². The zero-order chi connectivity index (χ0) is 15.1. The van der Waals surface area contributed by atoms with Crippen LogP contribution in [0.2, 0.25) is 0 Å². The van der Waals surface area contributed by atoms with Crippen molar-refractivity contribution in [3.8, 4) is 0 Å². The normalized spacial score (nSPS) is 9.50. The molecule has 0 heterocycles. The van der Waals surface area contributed by atoms with E-state index in [-0.39, 0.29) is 11.7 Å². The highest BCUT2D eigenvalue weighted by Crippen LogP contribution is 2.20. The summed E-state index contributed by atoms with van der Waals surface area (Å²) >= 11 is 4.99. The highest BCUT2D eigenvalue weighted by molar-refractivity contribution is 7.80. The summed E-state index contributed by atoms with van der Waals surface area (Å²) in [7, 11) is 2.57. The van der Waals surface area contributed by atoms with E-state index < -0.39 is 11.9 Å². The molecule has 0 aliphatic rings. The number of ether oxygens (including phenoxy) is 2. The average molecular weight is 297 g/mol. The maximum Gasteiger partial charge on any atom is 0.337 e. The molecule has 0 amide bonds. The zero-order valence-corrected chi connectivity index (χ0v) is 11.9. The minimum atomic E-state index is -0.477. The quantitative estimate of drug-likeness (QED) is 0.420. The first kappa shape index (κ1) is 15.7. The van der Waals surface area contributed by atoms with Crippen molar-refractivity contribution in [2.24, 2.45) is 0 Å². The maximum atomic E-state index is 11.3. The van der Waals surface area contributed by atoms with Crippen molar-refractivity contribution in [1.29, 1.82) is 0 Å². The lowest BCUT2D eigenvalue weighted by molar-refractivity contribution is -0.139. The number of esters is 2. The lowest BCUT2D eigenvalue weighted by Crippen LogP contribution is -2.33. The lowest BCUT2D eigenvalue weighted by atomic mass is 10.2. The van der Waals surface area contributed by atoms with Crippen LogP contribution in [0.25, 0.3) is 0 Å². The van der Waals surface area contributed by atoms with Crippen molar-refractivity contribution >= 4 is 40.6 Å². The summed E-state index contributed by atoms with van der Waals surface area (Å²) in [4.78, 5) is 22.3. The molecule has 4 N–H and O–H groups in total. The van der Waals surface area contributed by atoms with Crippen LogP contribution >= 0.6 is 12.2 Å². The monoisotopic (exact) mass is 297 g/mol. The van der Waals surface area contributed by atoms with Gasteiger partial charge in [0.05, 0.1) is 31.2 Å². The van der Waals surface area contributed by atoms with Crippen molar-refractivity contribution in [2.45, 2.75) is 0 Å². The van der Waals surface area contributed by atoms with Crippen LogP contribution in [0.15, 0.2) is 18.2 Å². The first-order valence-electron chi connectivity index (χ1n) is 5.57. The van der Waals surface area contributed by atoms with Crippen molar-refractivity contribution in [1.82, 2.24) is 5.32 Å². The summed E-state index contributed by atoms with van der Waals surface area (Å²) in [6, 6.07) is 4.61. The van der Waals surface area contributed by atoms with Gasteiger partial charge in [-0.15, -0.1) is 0 Å². The SMILES string of the molecule is COC(=O)CNC(=S)Nc1ccc(C(=O)OC)cc1N. The van der Waals surface area contributed by atoms with Crippen LogP contribution in [0.3, 0.4) is 0 Å². The van der Waals surface area contributed by atoms with E-state index in [0.29, 0.717) is 16.9 Å². The summed E-state index contributed by atoms with van der Waals surface area (Å²) in [5.74, 6) is -0.919. The van der Waals surface area contributed by atoms with E-state index >= 15 is 0 Å². The summed E-state index contributed by atoms with van der Waals surface area (Å²) in [6.07, 6.45) is 0. The van der Waals surface area contributed by atoms with E-state index in [1.807, 2.05) is 0 Å². The third-order valence-electron chi connectivity index (χ3n) is 2.34. The van der Waals surface area contributed by atoms with Gasteiger partial charge in [0.25, 0.3) is 0 Å². The number of carbonyl (C=O) groups is 2. The van der Waals surface area contributed by atoms with Gasteiger partial charge in [0.2, 0.25) is 0 Å². The Balaban J connectivity index is 2.66.